The molecule has 13 atom stereocenters. The van der Waals surface area contributed by atoms with Crippen molar-refractivity contribution in [2.75, 3.05) is 49.3 Å². The predicted octanol–water partition coefficient (Wildman–Crippen LogP) is 2.62. The Hall–Kier alpha value is -8.00. The number of rotatable bonds is 37. The number of hydrogen-bond donors (Lipinski definition) is 7. The molecule has 0 unspecified atom stereocenters. The molecule has 26 nitrogen and oxygen atoms in total. The second kappa shape index (κ2) is 37.6. The monoisotopic (exact) mass is 1310 g/mol. The van der Waals surface area contributed by atoms with E-state index in [0.717, 1.165) is 19.6 Å². The number of nitrogens with one attached hydrogen (secondary N) is 3. The first kappa shape index (κ1) is 81.1. The number of nitrogens with two attached hydrogens (primary N) is 1. The predicted molar refractivity (Wildman–Crippen MR) is 351 cm³/mol. The minimum atomic E-state index is -1.83. The average molecular weight is 1310 g/mol. The Kier molecular flexibility index (Phi) is 32.8. The average Bonchev–Trinajstić information content (AvgIpc) is 0.905. The van der Waals surface area contributed by atoms with Crippen LogP contribution < -0.4 is 21.7 Å². The number of carboxylic acid groups (broad SMARTS) is 2. The molecule has 0 heterocycles. The summed E-state index contributed by atoms with van der Waals surface area (Å²) in [4.78, 5) is 176. The van der Waals surface area contributed by atoms with Crippen molar-refractivity contribution in [2.45, 2.75) is 207 Å². The molecule has 0 aromatic heterocycles. The highest BCUT2D eigenvalue weighted by molar-refractivity contribution is 5.99. The number of aliphatic carboxylic acids is 2. The van der Waals surface area contributed by atoms with Crippen LogP contribution in [0.4, 0.5) is 0 Å². The maximum absolute atomic E-state index is 15.1. The van der Waals surface area contributed by atoms with Gasteiger partial charge in [0.05, 0.1) is 18.6 Å². The third-order valence-electron chi connectivity index (χ3n) is 17.3. The molecule has 93 heavy (non-hydrogen) atoms. The first-order valence-corrected chi connectivity index (χ1v) is 32.0. The third kappa shape index (κ3) is 23.2. The molecule has 2 aromatic rings. The van der Waals surface area contributed by atoms with Crippen molar-refractivity contribution < 1.29 is 72.9 Å². The lowest BCUT2D eigenvalue weighted by Crippen LogP contribution is -2.62. The number of aliphatic hydroxyl groups excluding tert-OH is 1. The van der Waals surface area contributed by atoms with Crippen molar-refractivity contribution in [3.05, 3.63) is 71.8 Å². The van der Waals surface area contributed by atoms with E-state index < -0.39 is 150 Å². The summed E-state index contributed by atoms with van der Waals surface area (Å²) >= 11 is 0. The fraction of sp³-hybridized carbons (Fsp3) is 0.642. The van der Waals surface area contributed by atoms with E-state index in [4.69, 9.17) is 5.73 Å². The zero-order valence-corrected chi connectivity index (χ0v) is 58.1. The Morgan fingerprint density at radius 1 is 0.419 bits per heavy atom. The molecule has 0 spiro atoms. The van der Waals surface area contributed by atoms with E-state index >= 15 is 4.79 Å². The van der Waals surface area contributed by atoms with Gasteiger partial charge in [-0.1, -0.05) is 129 Å². The first-order chi connectivity index (χ1) is 43.3. The van der Waals surface area contributed by atoms with Gasteiger partial charge < -0.3 is 71.3 Å². The quantitative estimate of drug-likeness (QED) is 0.0511. The van der Waals surface area contributed by atoms with Gasteiger partial charge in [-0.3, -0.25) is 52.7 Å². The van der Waals surface area contributed by atoms with Crippen LogP contribution in [0.3, 0.4) is 0 Å². The Morgan fingerprint density at radius 2 is 0.763 bits per heavy atom. The molecule has 0 aliphatic rings. The molecule has 10 amide bonds. The molecule has 8 N–H and O–H groups in total. The standard InChI is InChI=1S/C67H107N11O15/c1-20-41(9)55(70-57(82)47(68)21-2)65(90)77(18)51(33-39(5)6)62(87)72(13)42(10)60(85)74(15)49(32-38(3)4)59(84)71-56(44(12)79)66(91)78(19)53(36-46-30-26-23-27-31-46)63(88)73(14)43(11)61(86)76(17)52(34-40(7)8)64(89)75(16)50(35-45-28-24-22-25-29-45)58(83)69-48(67(92)93)37-54(80)81/h22-31,38-44,47-53,55-56,79H,20-21,32-37,68H2,1-19H3,(H,69,83)(H,70,82)(H,71,84)(H,80,81)(H,92,93)/t41-,42-,43-,44+,47-,48-,49-,50-,51-,52-,53-,55-,56-/m0/s1. The fourth-order valence-electron chi connectivity index (χ4n) is 10.7. The van der Waals surface area contributed by atoms with Crippen LogP contribution in [0, 0.1) is 23.7 Å². The SMILES string of the molecule is CC[C@H](N)C(=O)N[C@H](C(=O)N(C)[C@@H](CC(C)C)C(=O)N(C)[C@@H](C)C(=O)N(C)[C@@H](CC(C)C)C(=O)N[C@H](C(=O)N(C)[C@@H](Cc1ccccc1)C(=O)N(C)[C@@H](C)C(=O)N(C)[C@@H](CC(C)C)C(=O)N(C)[C@@H](Cc1ccccc1)C(=O)N[C@@H](CC(=O)O)C(=O)O)[C@@H](C)O)[C@@H](C)CC. The molecule has 2 rings (SSSR count). The number of benzene rings is 2. The van der Waals surface area contributed by atoms with Gasteiger partial charge >= 0.3 is 11.9 Å². The van der Waals surface area contributed by atoms with E-state index in [1.807, 2.05) is 55.4 Å². The van der Waals surface area contributed by atoms with Crippen LogP contribution in [-0.4, -0.2) is 243 Å². The van der Waals surface area contributed by atoms with Gasteiger partial charge in [0, 0.05) is 62.2 Å². The van der Waals surface area contributed by atoms with E-state index in [-0.39, 0.29) is 55.8 Å². The number of aliphatic hydroxyl groups is 1. The molecule has 2 aromatic carbocycles. The summed E-state index contributed by atoms with van der Waals surface area (Å²) in [5.74, 6) is -11.1. The van der Waals surface area contributed by atoms with Gasteiger partial charge in [0.15, 0.2) is 0 Å². The molecule has 0 saturated heterocycles. The summed E-state index contributed by atoms with van der Waals surface area (Å²) in [5, 5.41) is 38.2. The van der Waals surface area contributed by atoms with Crippen LogP contribution in [0.5, 0.6) is 0 Å². The molecule has 0 aliphatic carbocycles. The van der Waals surface area contributed by atoms with Crippen LogP contribution in [0.2, 0.25) is 0 Å². The van der Waals surface area contributed by atoms with E-state index in [9.17, 15) is 68.1 Å². The lowest BCUT2D eigenvalue weighted by Gasteiger charge is -2.39. The Morgan fingerprint density at radius 3 is 1.16 bits per heavy atom. The highest BCUT2D eigenvalue weighted by Crippen LogP contribution is 2.24. The number of carbonyl (C=O) groups excluding carboxylic acids is 10. The highest BCUT2D eigenvalue weighted by atomic mass is 16.4. The van der Waals surface area contributed by atoms with E-state index in [1.165, 1.54) is 84.8 Å². The van der Waals surface area contributed by atoms with Crippen molar-refractivity contribution >= 4 is 71.0 Å². The van der Waals surface area contributed by atoms with Gasteiger partial charge in [-0.05, 0) is 81.3 Å². The zero-order chi connectivity index (χ0) is 71.2. The topological polar surface area (TPSA) is 350 Å². The normalized spacial score (nSPS) is 15.6. The molecule has 0 fully saturated rings. The summed E-state index contributed by atoms with van der Waals surface area (Å²) in [6, 6.07) is 2.83. The van der Waals surface area contributed by atoms with Crippen LogP contribution in [0.1, 0.15) is 133 Å². The van der Waals surface area contributed by atoms with Crippen molar-refractivity contribution in [3.63, 3.8) is 0 Å². The molecule has 0 aliphatic heterocycles. The smallest absolute Gasteiger partial charge is 0.326 e. The maximum atomic E-state index is 15.1. The number of likely N-dealkylation sites (N-methyl/N-ethyl adjacent to an activating group) is 7. The lowest BCUT2D eigenvalue weighted by molar-refractivity contribution is -0.155. The third-order valence-corrected chi connectivity index (χ3v) is 17.3. The van der Waals surface area contributed by atoms with Gasteiger partial charge in [-0.25, -0.2) is 4.79 Å². The number of hydrogen-bond acceptors (Lipinski definition) is 14. The van der Waals surface area contributed by atoms with Crippen molar-refractivity contribution in [1.82, 2.24) is 50.2 Å². The molecule has 0 bridgehead atoms. The largest absolute Gasteiger partial charge is 0.481 e. The number of carboxylic acids is 2. The summed E-state index contributed by atoms with van der Waals surface area (Å²) in [6.45, 7) is 20.6. The number of amides is 10. The maximum Gasteiger partial charge on any atom is 0.326 e. The summed E-state index contributed by atoms with van der Waals surface area (Å²) < 4.78 is 0. The Labute approximate surface area is 549 Å². The second-order valence-electron chi connectivity index (χ2n) is 26.0. The molecule has 26 heteroatoms. The van der Waals surface area contributed by atoms with Gasteiger partial charge in [0.1, 0.15) is 60.4 Å². The number of nitrogens with zero attached hydrogens (tertiary/aromatic N) is 7. The minimum absolute atomic E-state index is 0.0538. The van der Waals surface area contributed by atoms with Crippen LogP contribution in [0.25, 0.3) is 0 Å². The Bertz CT molecular complexity index is 2860. The molecular weight excluding hydrogens is 1200 g/mol. The fourth-order valence-corrected chi connectivity index (χ4v) is 10.7. The number of carbonyl (C=O) groups is 12. The Balaban J connectivity index is 2.58. The zero-order valence-electron chi connectivity index (χ0n) is 58.1. The summed E-state index contributed by atoms with van der Waals surface area (Å²) in [7, 11) is 9.62. The van der Waals surface area contributed by atoms with Crippen LogP contribution in [-0.2, 0) is 70.4 Å². The van der Waals surface area contributed by atoms with Gasteiger partial charge in [-0.15, -0.1) is 0 Å². The minimum Gasteiger partial charge on any atom is -0.481 e. The summed E-state index contributed by atoms with van der Waals surface area (Å²) in [6.07, 6.45) is -1.60. The van der Waals surface area contributed by atoms with E-state index in [1.54, 1.807) is 67.6 Å². The molecule has 0 radical (unpaired) electrons. The first-order valence-electron chi connectivity index (χ1n) is 32.0. The van der Waals surface area contributed by atoms with E-state index in [0.29, 0.717) is 24.0 Å². The van der Waals surface area contributed by atoms with Crippen LogP contribution in [0.15, 0.2) is 60.7 Å². The van der Waals surface area contributed by atoms with Crippen molar-refractivity contribution in [1.29, 1.82) is 0 Å². The van der Waals surface area contributed by atoms with Crippen molar-refractivity contribution in [3.8, 4) is 0 Å². The lowest BCUT2D eigenvalue weighted by atomic mass is 9.95. The molecular formula is C67H107N11O15. The molecule has 0 saturated carbocycles. The van der Waals surface area contributed by atoms with Crippen molar-refractivity contribution in [2.24, 2.45) is 29.4 Å². The van der Waals surface area contributed by atoms with Gasteiger partial charge in [0.25, 0.3) is 0 Å². The molecule has 520 valence electrons. The highest BCUT2D eigenvalue weighted by Gasteiger charge is 2.44. The van der Waals surface area contributed by atoms with E-state index in [2.05, 4.69) is 16.0 Å². The van der Waals surface area contributed by atoms with Gasteiger partial charge in [-0.2, -0.15) is 0 Å². The van der Waals surface area contributed by atoms with Gasteiger partial charge in [0.2, 0.25) is 59.1 Å². The van der Waals surface area contributed by atoms with Crippen LogP contribution >= 0.6 is 0 Å². The second-order valence-corrected chi connectivity index (χ2v) is 26.0. The summed E-state index contributed by atoms with van der Waals surface area (Å²) in [5.41, 5.74) is 7.19.